The summed E-state index contributed by atoms with van der Waals surface area (Å²) in [7, 11) is 0. The van der Waals surface area contributed by atoms with Crippen molar-refractivity contribution in [1.29, 1.82) is 0 Å². The standard InChI is InChI=1S/C19H23NO3/c1-4-23-18-8-12(3)11(2)7-15(18)19-14-10-17(22)16(21)9-13(14)5-6-20-19/h7-10,19-22H,4-6H2,1-3H3. The van der Waals surface area contributed by atoms with Gasteiger partial charge in [0.2, 0.25) is 0 Å². The first-order valence-corrected chi connectivity index (χ1v) is 8.03. The average molecular weight is 313 g/mol. The zero-order valence-electron chi connectivity index (χ0n) is 13.8. The van der Waals surface area contributed by atoms with Crippen molar-refractivity contribution in [2.24, 2.45) is 0 Å². The third kappa shape index (κ3) is 2.86. The van der Waals surface area contributed by atoms with E-state index in [1.54, 1.807) is 12.1 Å². The third-order valence-corrected chi connectivity index (χ3v) is 4.53. The first kappa shape index (κ1) is 15.7. The van der Waals surface area contributed by atoms with Crippen molar-refractivity contribution in [3.8, 4) is 17.2 Å². The highest BCUT2D eigenvalue weighted by Crippen LogP contribution is 2.39. The lowest BCUT2D eigenvalue weighted by molar-refractivity contribution is 0.332. The minimum absolute atomic E-state index is 0.0499. The molecule has 4 nitrogen and oxygen atoms in total. The Kier molecular flexibility index (Phi) is 4.18. The number of hydrogen-bond donors (Lipinski definition) is 3. The third-order valence-electron chi connectivity index (χ3n) is 4.53. The maximum Gasteiger partial charge on any atom is 0.157 e. The molecule has 0 fully saturated rings. The average Bonchev–Trinajstić information content (AvgIpc) is 2.52. The number of phenols is 2. The van der Waals surface area contributed by atoms with Gasteiger partial charge in [-0.3, -0.25) is 0 Å². The summed E-state index contributed by atoms with van der Waals surface area (Å²) in [6.07, 6.45) is 0.828. The molecule has 0 aromatic heterocycles. The largest absolute Gasteiger partial charge is 0.504 e. The van der Waals surface area contributed by atoms with Crippen molar-refractivity contribution in [3.05, 3.63) is 52.1 Å². The lowest BCUT2D eigenvalue weighted by Gasteiger charge is -2.29. The molecule has 1 heterocycles. The summed E-state index contributed by atoms with van der Waals surface area (Å²) in [6.45, 7) is 7.57. The molecule has 1 aliphatic rings. The highest BCUT2D eigenvalue weighted by atomic mass is 16.5. The maximum atomic E-state index is 9.90. The molecule has 0 aliphatic carbocycles. The van der Waals surface area contributed by atoms with Crippen LogP contribution in [0.5, 0.6) is 17.2 Å². The molecule has 23 heavy (non-hydrogen) atoms. The number of aromatic hydroxyl groups is 2. The molecule has 2 aromatic rings. The van der Waals surface area contributed by atoms with Crippen LogP contribution < -0.4 is 10.1 Å². The number of rotatable bonds is 3. The van der Waals surface area contributed by atoms with E-state index in [1.807, 2.05) is 6.92 Å². The van der Waals surface area contributed by atoms with Crippen LogP contribution in [0.25, 0.3) is 0 Å². The molecule has 1 atom stereocenters. The van der Waals surface area contributed by atoms with Crippen LogP contribution in [0.2, 0.25) is 0 Å². The van der Waals surface area contributed by atoms with Crippen molar-refractivity contribution in [2.45, 2.75) is 33.2 Å². The summed E-state index contributed by atoms with van der Waals surface area (Å²) in [5, 5.41) is 23.2. The molecule has 1 aliphatic heterocycles. The molecule has 3 rings (SSSR count). The van der Waals surface area contributed by atoms with Gasteiger partial charge in [0.15, 0.2) is 11.5 Å². The van der Waals surface area contributed by atoms with E-state index in [2.05, 4.69) is 31.3 Å². The van der Waals surface area contributed by atoms with Crippen molar-refractivity contribution in [3.63, 3.8) is 0 Å². The van der Waals surface area contributed by atoms with Gasteiger partial charge in [-0.05, 0) is 67.6 Å². The van der Waals surface area contributed by atoms with Crippen LogP contribution in [-0.4, -0.2) is 23.4 Å². The lowest BCUT2D eigenvalue weighted by atomic mass is 9.87. The Morgan fingerprint density at radius 2 is 1.74 bits per heavy atom. The molecule has 0 saturated carbocycles. The molecule has 0 radical (unpaired) electrons. The van der Waals surface area contributed by atoms with Crippen LogP contribution in [0.4, 0.5) is 0 Å². The normalized spacial score (nSPS) is 16.9. The zero-order chi connectivity index (χ0) is 16.6. The second kappa shape index (κ2) is 6.13. The van der Waals surface area contributed by atoms with Gasteiger partial charge in [-0.25, -0.2) is 0 Å². The van der Waals surface area contributed by atoms with E-state index >= 15 is 0 Å². The van der Waals surface area contributed by atoms with Crippen molar-refractivity contribution in [2.75, 3.05) is 13.2 Å². The smallest absolute Gasteiger partial charge is 0.157 e. The Morgan fingerprint density at radius 1 is 1.04 bits per heavy atom. The van der Waals surface area contributed by atoms with Crippen molar-refractivity contribution < 1.29 is 14.9 Å². The van der Waals surface area contributed by atoms with E-state index in [1.165, 1.54) is 11.1 Å². The SMILES string of the molecule is CCOc1cc(C)c(C)cc1C1NCCc2cc(O)c(O)cc21. The Balaban J connectivity index is 2.14. The minimum atomic E-state index is -0.0840. The van der Waals surface area contributed by atoms with Crippen LogP contribution in [0.3, 0.4) is 0 Å². The molecule has 0 amide bonds. The number of aryl methyl sites for hydroxylation is 2. The topological polar surface area (TPSA) is 61.7 Å². The van der Waals surface area contributed by atoms with E-state index < -0.39 is 0 Å². The van der Waals surface area contributed by atoms with Gasteiger partial charge in [0.05, 0.1) is 12.6 Å². The predicted molar refractivity (Wildman–Crippen MR) is 90.4 cm³/mol. The van der Waals surface area contributed by atoms with Gasteiger partial charge in [0.1, 0.15) is 5.75 Å². The van der Waals surface area contributed by atoms with Gasteiger partial charge < -0.3 is 20.3 Å². The highest BCUT2D eigenvalue weighted by Gasteiger charge is 2.26. The summed E-state index contributed by atoms with van der Waals surface area (Å²) >= 11 is 0. The molecule has 4 heteroatoms. The fourth-order valence-corrected chi connectivity index (χ4v) is 3.18. The summed E-state index contributed by atoms with van der Waals surface area (Å²) in [5.74, 6) is 0.724. The van der Waals surface area contributed by atoms with Gasteiger partial charge in [0.25, 0.3) is 0 Å². The molecule has 1 unspecified atom stereocenters. The number of ether oxygens (including phenoxy) is 1. The zero-order valence-corrected chi connectivity index (χ0v) is 13.8. The molecule has 2 aromatic carbocycles. The van der Waals surface area contributed by atoms with Crippen LogP contribution in [0.1, 0.15) is 40.8 Å². The number of benzene rings is 2. The predicted octanol–water partition coefficient (Wildman–Crippen LogP) is 3.35. The maximum absolute atomic E-state index is 9.90. The van der Waals surface area contributed by atoms with E-state index in [0.29, 0.717) is 6.61 Å². The fraction of sp³-hybridized carbons (Fsp3) is 0.368. The molecule has 0 bridgehead atoms. The van der Waals surface area contributed by atoms with Gasteiger partial charge in [-0.15, -0.1) is 0 Å². The van der Waals surface area contributed by atoms with Gasteiger partial charge >= 0.3 is 0 Å². The van der Waals surface area contributed by atoms with Crippen LogP contribution in [0, 0.1) is 13.8 Å². The second-order valence-corrected chi connectivity index (χ2v) is 6.08. The van der Waals surface area contributed by atoms with E-state index in [0.717, 1.165) is 35.4 Å². The van der Waals surface area contributed by atoms with Crippen molar-refractivity contribution >= 4 is 0 Å². The lowest BCUT2D eigenvalue weighted by Crippen LogP contribution is -2.31. The molecule has 0 saturated heterocycles. The van der Waals surface area contributed by atoms with Gasteiger partial charge in [-0.1, -0.05) is 6.07 Å². The highest BCUT2D eigenvalue weighted by molar-refractivity contribution is 5.53. The number of phenolic OH excluding ortho intramolecular Hbond substituents is 2. The van der Waals surface area contributed by atoms with Crippen molar-refractivity contribution in [1.82, 2.24) is 5.32 Å². The number of fused-ring (bicyclic) bond motifs is 1. The Morgan fingerprint density at radius 3 is 2.48 bits per heavy atom. The van der Waals surface area contributed by atoms with Gasteiger partial charge in [0, 0.05) is 12.1 Å². The Hall–Kier alpha value is -2.20. The Labute approximate surface area is 136 Å². The van der Waals surface area contributed by atoms with Crippen LogP contribution >= 0.6 is 0 Å². The van der Waals surface area contributed by atoms with E-state index in [-0.39, 0.29) is 17.5 Å². The van der Waals surface area contributed by atoms with E-state index in [9.17, 15) is 10.2 Å². The molecule has 122 valence electrons. The first-order chi connectivity index (χ1) is 11.0. The van der Waals surface area contributed by atoms with Crippen LogP contribution in [-0.2, 0) is 6.42 Å². The summed E-state index contributed by atoms with van der Waals surface area (Å²) < 4.78 is 5.84. The molecular weight excluding hydrogens is 290 g/mol. The molecule has 3 N–H and O–H groups in total. The quantitative estimate of drug-likeness (QED) is 0.761. The summed E-state index contributed by atoms with van der Waals surface area (Å²) in [6, 6.07) is 7.50. The molecule has 0 spiro atoms. The second-order valence-electron chi connectivity index (χ2n) is 6.08. The first-order valence-electron chi connectivity index (χ1n) is 8.03. The number of nitrogens with one attached hydrogen (secondary N) is 1. The Bertz CT molecular complexity index is 740. The molecular formula is C19H23NO3. The summed E-state index contributed by atoms with van der Waals surface area (Å²) in [5.41, 5.74) is 5.53. The minimum Gasteiger partial charge on any atom is -0.504 e. The monoisotopic (exact) mass is 313 g/mol. The van der Waals surface area contributed by atoms with E-state index in [4.69, 9.17) is 4.74 Å². The van der Waals surface area contributed by atoms with Gasteiger partial charge in [-0.2, -0.15) is 0 Å². The number of hydrogen-bond acceptors (Lipinski definition) is 4. The van der Waals surface area contributed by atoms with Crippen LogP contribution in [0.15, 0.2) is 24.3 Å². The summed E-state index contributed by atoms with van der Waals surface area (Å²) in [4.78, 5) is 0. The fourth-order valence-electron chi connectivity index (χ4n) is 3.18.